The highest BCUT2D eigenvalue weighted by Gasteiger charge is 2.26. The van der Waals surface area contributed by atoms with Gasteiger partial charge in [0.2, 0.25) is 0 Å². The molecule has 0 atom stereocenters. The van der Waals surface area contributed by atoms with Gasteiger partial charge in [0.25, 0.3) is 0 Å². The van der Waals surface area contributed by atoms with Crippen molar-refractivity contribution in [2.45, 2.75) is 12.5 Å². The molecule has 1 aliphatic carbocycles. The maximum Gasteiger partial charge on any atom is 0.0588 e. The highest BCUT2D eigenvalue weighted by Crippen LogP contribution is 2.42. The third-order valence-corrected chi connectivity index (χ3v) is 3.56. The Hall–Kier alpha value is -1.64. The van der Waals surface area contributed by atoms with Gasteiger partial charge in [-0.3, -0.25) is 0 Å². The number of nitrogens with two attached hydrogens (primary N) is 1. The molecule has 2 aromatic rings. The lowest BCUT2D eigenvalue weighted by molar-refractivity contribution is 0.596. The van der Waals surface area contributed by atoms with Crippen LogP contribution in [0.3, 0.4) is 0 Å². The molecule has 0 aromatic heterocycles. The number of hydrogen-bond donors (Lipinski definition) is 2. The zero-order valence-electron chi connectivity index (χ0n) is 10.4. The van der Waals surface area contributed by atoms with E-state index in [-0.39, 0.29) is 0 Å². The van der Waals surface area contributed by atoms with Gasteiger partial charge in [-0.1, -0.05) is 48.5 Å². The van der Waals surface area contributed by atoms with E-state index in [9.17, 15) is 0 Å². The average molecular weight is 238 g/mol. The Morgan fingerprint density at radius 1 is 0.889 bits per heavy atom. The van der Waals surface area contributed by atoms with Crippen molar-refractivity contribution in [2.24, 2.45) is 5.73 Å². The molecule has 0 radical (unpaired) electrons. The van der Waals surface area contributed by atoms with Gasteiger partial charge in [-0.05, 0) is 41.8 Å². The monoisotopic (exact) mass is 238 g/mol. The molecule has 0 aliphatic heterocycles. The SMILES string of the molecule is NCCCNC1c2ccccc2-c2ccccc21. The van der Waals surface area contributed by atoms with Gasteiger partial charge in [0.1, 0.15) is 0 Å². The number of rotatable bonds is 4. The topological polar surface area (TPSA) is 38.0 Å². The minimum Gasteiger partial charge on any atom is -0.330 e. The lowest BCUT2D eigenvalue weighted by Gasteiger charge is -2.15. The second-order valence-electron chi connectivity index (χ2n) is 4.70. The molecule has 2 heteroatoms. The molecule has 3 rings (SSSR count). The number of fused-ring (bicyclic) bond motifs is 3. The molecule has 3 N–H and O–H groups in total. The Balaban J connectivity index is 1.98. The largest absolute Gasteiger partial charge is 0.330 e. The smallest absolute Gasteiger partial charge is 0.0588 e. The standard InChI is InChI=1S/C16H18N2/c17-10-5-11-18-16-14-8-3-1-6-12(14)13-7-2-4-9-15(13)16/h1-4,6-9,16,18H,5,10-11,17H2. The molecule has 18 heavy (non-hydrogen) atoms. The maximum atomic E-state index is 5.56. The fourth-order valence-corrected chi connectivity index (χ4v) is 2.72. The first-order valence-corrected chi connectivity index (χ1v) is 6.53. The predicted octanol–water partition coefficient (Wildman–Crippen LogP) is 2.69. The van der Waals surface area contributed by atoms with Crippen LogP contribution in [0.25, 0.3) is 11.1 Å². The molecular weight excluding hydrogens is 220 g/mol. The van der Waals surface area contributed by atoms with Crippen molar-refractivity contribution in [1.82, 2.24) is 5.32 Å². The summed E-state index contributed by atoms with van der Waals surface area (Å²) in [7, 11) is 0. The number of nitrogens with one attached hydrogen (secondary N) is 1. The summed E-state index contributed by atoms with van der Waals surface area (Å²) < 4.78 is 0. The first-order valence-electron chi connectivity index (χ1n) is 6.53. The van der Waals surface area contributed by atoms with Gasteiger partial charge in [-0.15, -0.1) is 0 Å². The van der Waals surface area contributed by atoms with Gasteiger partial charge >= 0.3 is 0 Å². The lowest BCUT2D eigenvalue weighted by atomic mass is 10.1. The van der Waals surface area contributed by atoms with Gasteiger partial charge < -0.3 is 11.1 Å². The maximum absolute atomic E-state index is 5.56. The Morgan fingerprint density at radius 3 is 2.00 bits per heavy atom. The Morgan fingerprint density at radius 2 is 1.44 bits per heavy atom. The van der Waals surface area contributed by atoms with Crippen molar-refractivity contribution < 1.29 is 0 Å². The molecule has 0 fully saturated rings. The van der Waals surface area contributed by atoms with Gasteiger partial charge in [-0.25, -0.2) is 0 Å². The minimum atomic E-state index is 0.323. The van der Waals surface area contributed by atoms with Crippen molar-refractivity contribution in [3.05, 3.63) is 59.7 Å². The highest BCUT2D eigenvalue weighted by molar-refractivity contribution is 5.78. The highest BCUT2D eigenvalue weighted by atomic mass is 14.9. The minimum absolute atomic E-state index is 0.323. The second-order valence-corrected chi connectivity index (χ2v) is 4.70. The zero-order valence-corrected chi connectivity index (χ0v) is 10.4. The predicted molar refractivity (Wildman–Crippen MR) is 75.4 cm³/mol. The Bertz CT molecular complexity index is 503. The summed E-state index contributed by atoms with van der Waals surface area (Å²) in [5.74, 6) is 0. The van der Waals surface area contributed by atoms with Crippen molar-refractivity contribution in [1.29, 1.82) is 0 Å². The summed E-state index contributed by atoms with van der Waals surface area (Å²) in [6, 6.07) is 17.6. The quantitative estimate of drug-likeness (QED) is 0.804. The third kappa shape index (κ3) is 1.84. The van der Waals surface area contributed by atoms with E-state index >= 15 is 0 Å². The van der Waals surface area contributed by atoms with E-state index in [0.717, 1.165) is 19.5 Å². The van der Waals surface area contributed by atoms with E-state index in [4.69, 9.17) is 5.73 Å². The van der Waals surface area contributed by atoms with Crippen LogP contribution >= 0.6 is 0 Å². The lowest BCUT2D eigenvalue weighted by Crippen LogP contribution is -2.23. The van der Waals surface area contributed by atoms with Crippen LogP contribution in [0.5, 0.6) is 0 Å². The summed E-state index contributed by atoms with van der Waals surface area (Å²) in [6.07, 6.45) is 1.01. The molecule has 0 amide bonds. The van der Waals surface area contributed by atoms with E-state index in [2.05, 4.69) is 53.8 Å². The molecule has 92 valence electrons. The first-order chi connectivity index (χ1) is 8.92. The zero-order chi connectivity index (χ0) is 12.4. The van der Waals surface area contributed by atoms with Crippen LogP contribution in [0.1, 0.15) is 23.6 Å². The van der Waals surface area contributed by atoms with Crippen LogP contribution in [-0.2, 0) is 0 Å². The van der Waals surface area contributed by atoms with E-state index < -0.39 is 0 Å². The van der Waals surface area contributed by atoms with Crippen molar-refractivity contribution in [3.8, 4) is 11.1 Å². The van der Waals surface area contributed by atoms with E-state index in [1.165, 1.54) is 22.3 Å². The molecule has 2 nitrogen and oxygen atoms in total. The van der Waals surface area contributed by atoms with Crippen LogP contribution in [0.2, 0.25) is 0 Å². The molecule has 1 aliphatic rings. The summed E-state index contributed by atoms with van der Waals surface area (Å²) >= 11 is 0. The van der Waals surface area contributed by atoms with Crippen LogP contribution in [-0.4, -0.2) is 13.1 Å². The number of hydrogen-bond acceptors (Lipinski definition) is 2. The fourth-order valence-electron chi connectivity index (χ4n) is 2.72. The Kier molecular flexibility index (Phi) is 3.13. The second kappa shape index (κ2) is 4.92. The van der Waals surface area contributed by atoms with Gasteiger partial charge in [0, 0.05) is 0 Å². The van der Waals surface area contributed by atoms with E-state index in [1.807, 2.05) is 0 Å². The van der Waals surface area contributed by atoms with Crippen molar-refractivity contribution >= 4 is 0 Å². The van der Waals surface area contributed by atoms with Gasteiger partial charge in [0.15, 0.2) is 0 Å². The average Bonchev–Trinajstić information content (AvgIpc) is 2.74. The molecule has 0 unspecified atom stereocenters. The summed E-state index contributed by atoms with van der Waals surface area (Å²) in [5, 5.41) is 3.61. The molecule has 2 aromatic carbocycles. The van der Waals surface area contributed by atoms with E-state index in [1.54, 1.807) is 0 Å². The van der Waals surface area contributed by atoms with Crippen LogP contribution in [0, 0.1) is 0 Å². The molecule has 0 saturated carbocycles. The summed E-state index contributed by atoms with van der Waals surface area (Å²) in [4.78, 5) is 0. The van der Waals surface area contributed by atoms with Gasteiger partial charge in [-0.2, -0.15) is 0 Å². The first kappa shape index (κ1) is 11.5. The molecule has 0 bridgehead atoms. The van der Waals surface area contributed by atoms with Crippen LogP contribution in [0.4, 0.5) is 0 Å². The normalized spacial score (nSPS) is 13.4. The van der Waals surface area contributed by atoms with Gasteiger partial charge in [0.05, 0.1) is 6.04 Å². The van der Waals surface area contributed by atoms with Crippen molar-refractivity contribution in [3.63, 3.8) is 0 Å². The summed E-state index contributed by atoms with van der Waals surface area (Å²) in [5.41, 5.74) is 11.1. The molecule has 0 saturated heterocycles. The molecule has 0 spiro atoms. The van der Waals surface area contributed by atoms with E-state index in [0.29, 0.717) is 6.04 Å². The molecule has 0 heterocycles. The fraction of sp³-hybridized carbons (Fsp3) is 0.250. The summed E-state index contributed by atoms with van der Waals surface area (Å²) in [6.45, 7) is 1.70. The van der Waals surface area contributed by atoms with Crippen LogP contribution in [0.15, 0.2) is 48.5 Å². The molecular formula is C16H18N2. The Labute approximate surface area is 108 Å². The van der Waals surface area contributed by atoms with Crippen LogP contribution < -0.4 is 11.1 Å². The van der Waals surface area contributed by atoms with Crippen molar-refractivity contribution in [2.75, 3.05) is 13.1 Å². The number of benzene rings is 2. The third-order valence-electron chi connectivity index (χ3n) is 3.56.